The minimum atomic E-state index is 0.824. The van der Waals surface area contributed by atoms with Gasteiger partial charge in [0.1, 0.15) is 12.1 Å². The molecule has 0 amide bonds. The largest absolute Gasteiger partial charge is 0.497 e. The summed E-state index contributed by atoms with van der Waals surface area (Å²) in [5.74, 6) is 1.69. The van der Waals surface area contributed by atoms with Gasteiger partial charge in [-0.2, -0.15) is 0 Å². The number of hydrogen-bond acceptors (Lipinski definition) is 4. The summed E-state index contributed by atoms with van der Waals surface area (Å²) in [6.07, 6.45) is 3.65. The number of aromatic nitrogens is 5. The molecule has 1 aromatic carbocycles. The van der Waals surface area contributed by atoms with Gasteiger partial charge in [-0.05, 0) is 38.0 Å². The molecule has 0 radical (unpaired) electrons. The third-order valence-corrected chi connectivity index (χ3v) is 4.66. The Morgan fingerprint density at radius 3 is 2.76 bits per heavy atom. The Kier molecular flexibility index (Phi) is 3.67. The van der Waals surface area contributed by atoms with Gasteiger partial charge in [0, 0.05) is 18.2 Å². The van der Waals surface area contributed by atoms with Crippen LogP contribution in [0.5, 0.6) is 5.75 Å². The number of rotatable bonds is 4. The highest BCUT2D eigenvalue weighted by Crippen LogP contribution is 2.30. The number of benzene rings is 1. The molecule has 6 heteroatoms. The van der Waals surface area contributed by atoms with Crippen LogP contribution >= 0.6 is 0 Å². The Balaban J connectivity index is 2.02. The molecule has 0 N–H and O–H groups in total. The molecule has 0 spiro atoms. The molecule has 25 heavy (non-hydrogen) atoms. The van der Waals surface area contributed by atoms with Gasteiger partial charge in [-0.15, -0.1) is 5.10 Å². The fraction of sp³-hybridized carbons (Fsp3) is 0.316. The van der Waals surface area contributed by atoms with Crippen molar-refractivity contribution in [2.24, 2.45) is 0 Å². The predicted octanol–water partition coefficient (Wildman–Crippen LogP) is 3.65. The van der Waals surface area contributed by atoms with Crippen molar-refractivity contribution in [1.82, 2.24) is 24.1 Å². The molecule has 0 bridgehead atoms. The van der Waals surface area contributed by atoms with Crippen LogP contribution in [0.4, 0.5) is 0 Å². The van der Waals surface area contributed by atoms with Gasteiger partial charge in [-0.25, -0.2) is 14.5 Å². The molecule has 3 heterocycles. The highest BCUT2D eigenvalue weighted by Gasteiger charge is 2.18. The molecule has 0 aliphatic rings. The summed E-state index contributed by atoms with van der Waals surface area (Å²) in [4.78, 5) is 9.43. The lowest BCUT2D eigenvalue weighted by atomic mass is 10.2. The summed E-state index contributed by atoms with van der Waals surface area (Å²) in [5, 5.41) is 5.60. The second kappa shape index (κ2) is 5.88. The van der Waals surface area contributed by atoms with E-state index in [4.69, 9.17) is 9.72 Å². The van der Waals surface area contributed by atoms with Crippen molar-refractivity contribution >= 4 is 16.7 Å². The fourth-order valence-corrected chi connectivity index (χ4v) is 3.30. The van der Waals surface area contributed by atoms with E-state index in [0.717, 1.165) is 52.5 Å². The zero-order valence-corrected chi connectivity index (χ0v) is 14.9. The van der Waals surface area contributed by atoms with E-state index in [1.807, 2.05) is 18.2 Å². The summed E-state index contributed by atoms with van der Waals surface area (Å²) < 4.78 is 9.32. The van der Waals surface area contributed by atoms with E-state index in [-0.39, 0.29) is 0 Å². The molecule has 0 atom stereocenters. The smallest absolute Gasteiger partial charge is 0.168 e. The van der Waals surface area contributed by atoms with E-state index in [9.17, 15) is 0 Å². The Hall–Kier alpha value is -2.89. The first-order valence-electron chi connectivity index (χ1n) is 8.50. The van der Waals surface area contributed by atoms with Crippen LogP contribution in [0.3, 0.4) is 0 Å². The van der Waals surface area contributed by atoms with Gasteiger partial charge in [0.2, 0.25) is 0 Å². The highest BCUT2D eigenvalue weighted by atomic mass is 16.5. The summed E-state index contributed by atoms with van der Waals surface area (Å²) in [7, 11) is 1.68. The molecule has 128 valence electrons. The van der Waals surface area contributed by atoms with Crippen LogP contribution in [0.2, 0.25) is 0 Å². The lowest BCUT2D eigenvalue weighted by Gasteiger charge is -2.09. The van der Waals surface area contributed by atoms with Gasteiger partial charge in [0.05, 0.1) is 18.2 Å². The molecule has 3 aromatic heterocycles. The van der Waals surface area contributed by atoms with Crippen molar-refractivity contribution in [3.63, 3.8) is 0 Å². The molecular formula is C19H21N5O. The van der Waals surface area contributed by atoms with Crippen molar-refractivity contribution in [2.45, 2.75) is 33.6 Å². The second-order valence-corrected chi connectivity index (χ2v) is 6.24. The van der Waals surface area contributed by atoms with Gasteiger partial charge in [0.15, 0.2) is 17.1 Å². The van der Waals surface area contributed by atoms with E-state index in [2.05, 4.69) is 41.5 Å². The standard InChI is InChI=1S/C19H21N5O/c1-5-7-16-21-19-17-12(2)13(3)24(18(17)20-11-23(19)22-16)14-8-6-9-15(10-14)25-4/h6,8-11H,5,7H2,1-4H3. The summed E-state index contributed by atoms with van der Waals surface area (Å²) in [6, 6.07) is 8.01. The van der Waals surface area contributed by atoms with Crippen LogP contribution in [0, 0.1) is 13.8 Å². The van der Waals surface area contributed by atoms with Crippen LogP contribution in [0.1, 0.15) is 30.4 Å². The summed E-state index contributed by atoms with van der Waals surface area (Å²) in [6.45, 7) is 6.36. The third-order valence-electron chi connectivity index (χ3n) is 4.66. The molecule has 0 aliphatic heterocycles. The van der Waals surface area contributed by atoms with E-state index in [1.165, 1.54) is 5.56 Å². The molecule has 0 saturated carbocycles. The fourth-order valence-electron chi connectivity index (χ4n) is 3.30. The van der Waals surface area contributed by atoms with Crippen LogP contribution in [-0.4, -0.2) is 31.3 Å². The predicted molar refractivity (Wildman–Crippen MR) is 97.6 cm³/mol. The number of ether oxygens (including phenoxy) is 1. The van der Waals surface area contributed by atoms with Gasteiger partial charge in [0.25, 0.3) is 0 Å². The van der Waals surface area contributed by atoms with Gasteiger partial charge >= 0.3 is 0 Å². The molecule has 0 aliphatic carbocycles. The van der Waals surface area contributed by atoms with Crippen LogP contribution in [0.25, 0.3) is 22.4 Å². The first kappa shape index (κ1) is 15.6. The van der Waals surface area contributed by atoms with Crippen LogP contribution in [0.15, 0.2) is 30.6 Å². The number of methoxy groups -OCH3 is 1. The SMILES string of the molecule is CCCc1nc2c3c(C)c(C)n(-c4cccc(OC)c4)c3ncn2n1. The number of aryl methyl sites for hydroxylation is 2. The number of hydrogen-bond donors (Lipinski definition) is 0. The van der Waals surface area contributed by atoms with Crippen LogP contribution < -0.4 is 4.74 Å². The highest BCUT2D eigenvalue weighted by molar-refractivity contribution is 5.95. The van der Waals surface area contributed by atoms with Gasteiger partial charge < -0.3 is 4.74 Å². The second-order valence-electron chi connectivity index (χ2n) is 6.24. The average Bonchev–Trinajstić information content (AvgIpc) is 3.14. The quantitative estimate of drug-likeness (QED) is 0.571. The number of nitrogens with zero attached hydrogens (tertiary/aromatic N) is 5. The molecule has 4 rings (SSSR count). The van der Waals surface area contributed by atoms with Crippen molar-refractivity contribution in [2.75, 3.05) is 7.11 Å². The maximum absolute atomic E-state index is 5.38. The van der Waals surface area contributed by atoms with Gasteiger partial charge in [-0.3, -0.25) is 4.57 Å². The van der Waals surface area contributed by atoms with Crippen molar-refractivity contribution in [3.8, 4) is 11.4 Å². The summed E-state index contributed by atoms with van der Waals surface area (Å²) >= 11 is 0. The van der Waals surface area contributed by atoms with Crippen molar-refractivity contribution in [3.05, 3.63) is 47.7 Å². The Morgan fingerprint density at radius 2 is 2.00 bits per heavy atom. The lowest BCUT2D eigenvalue weighted by Crippen LogP contribution is -1.99. The monoisotopic (exact) mass is 335 g/mol. The van der Waals surface area contributed by atoms with Crippen LogP contribution in [-0.2, 0) is 6.42 Å². The maximum Gasteiger partial charge on any atom is 0.168 e. The van der Waals surface area contributed by atoms with Gasteiger partial charge in [-0.1, -0.05) is 13.0 Å². The number of fused-ring (bicyclic) bond motifs is 3. The van der Waals surface area contributed by atoms with Crippen molar-refractivity contribution in [1.29, 1.82) is 0 Å². The van der Waals surface area contributed by atoms with E-state index in [1.54, 1.807) is 18.0 Å². The Bertz CT molecular complexity index is 1080. The minimum Gasteiger partial charge on any atom is -0.497 e. The van der Waals surface area contributed by atoms with E-state index in [0.29, 0.717) is 0 Å². The summed E-state index contributed by atoms with van der Waals surface area (Å²) in [5.41, 5.74) is 5.11. The molecule has 6 nitrogen and oxygen atoms in total. The molecule has 0 fully saturated rings. The lowest BCUT2D eigenvalue weighted by molar-refractivity contribution is 0.414. The van der Waals surface area contributed by atoms with E-state index >= 15 is 0 Å². The first-order valence-corrected chi connectivity index (χ1v) is 8.50. The first-order chi connectivity index (χ1) is 12.1. The zero-order chi connectivity index (χ0) is 17.6. The Labute approximate surface area is 146 Å². The average molecular weight is 335 g/mol. The molecular weight excluding hydrogens is 314 g/mol. The zero-order valence-electron chi connectivity index (χ0n) is 14.9. The third kappa shape index (κ3) is 2.36. The Morgan fingerprint density at radius 1 is 1.16 bits per heavy atom. The topological polar surface area (TPSA) is 57.2 Å². The maximum atomic E-state index is 5.38. The van der Waals surface area contributed by atoms with Crippen molar-refractivity contribution < 1.29 is 4.74 Å². The molecule has 0 saturated heterocycles. The molecule has 0 unspecified atom stereocenters. The molecule has 4 aromatic rings. The normalized spacial score (nSPS) is 11.5. The van der Waals surface area contributed by atoms with E-state index < -0.39 is 0 Å². The minimum absolute atomic E-state index is 0.824.